The highest BCUT2D eigenvalue weighted by Crippen LogP contribution is 2.25. The topological polar surface area (TPSA) is 0 Å². The highest BCUT2D eigenvalue weighted by molar-refractivity contribution is 5.19. The second kappa shape index (κ2) is 4.30. The average Bonchev–Trinajstić information content (AvgIpc) is 2.17. The van der Waals surface area contributed by atoms with Gasteiger partial charge in [0.15, 0.2) is 0 Å². The maximum atomic E-state index is 3.93. The number of hydrogen-bond acceptors (Lipinski definition) is 0. The lowest BCUT2D eigenvalue weighted by Crippen LogP contribution is -2.04. The van der Waals surface area contributed by atoms with Crippen LogP contribution in [0.2, 0.25) is 0 Å². The molecule has 0 nitrogen and oxygen atoms in total. The van der Waals surface area contributed by atoms with Gasteiger partial charge in [0.25, 0.3) is 0 Å². The molecule has 1 aromatic carbocycles. The zero-order chi connectivity index (χ0) is 8.97. The van der Waals surface area contributed by atoms with Crippen molar-refractivity contribution in [3.63, 3.8) is 0 Å². The van der Waals surface area contributed by atoms with E-state index in [0.29, 0.717) is 11.8 Å². The van der Waals surface area contributed by atoms with E-state index in [9.17, 15) is 0 Å². The lowest BCUT2D eigenvalue weighted by molar-refractivity contribution is 0.492. The molecule has 0 aliphatic carbocycles. The molecule has 12 heavy (non-hydrogen) atoms. The Labute approximate surface area is 75.6 Å². The van der Waals surface area contributed by atoms with Gasteiger partial charge >= 0.3 is 0 Å². The Morgan fingerprint density at radius 3 is 2.25 bits per heavy atom. The summed E-state index contributed by atoms with van der Waals surface area (Å²) < 4.78 is 0. The van der Waals surface area contributed by atoms with Crippen molar-refractivity contribution in [3.8, 4) is 0 Å². The van der Waals surface area contributed by atoms with E-state index in [1.165, 1.54) is 5.56 Å². The lowest BCUT2D eigenvalue weighted by Gasteiger charge is -2.18. The molecule has 0 N–H and O–H groups in total. The van der Waals surface area contributed by atoms with Crippen LogP contribution in [0, 0.1) is 12.8 Å². The van der Waals surface area contributed by atoms with Gasteiger partial charge in [-0.05, 0) is 17.4 Å². The van der Waals surface area contributed by atoms with Gasteiger partial charge in [-0.25, -0.2) is 0 Å². The van der Waals surface area contributed by atoms with Crippen molar-refractivity contribution in [1.29, 1.82) is 0 Å². The first-order valence-electron chi connectivity index (χ1n) is 4.60. The summed E-state index contributed by atoms with van der Waals surface area (Å²) in [5.74, 6) is 1.30. The molecule has 1 radical (unpaired) electrons. The van der Waals surface area contributed by atoms with E-state index in [2.05, 4.69) is 51.1 Å². The SMILES string of the molecule is [CH2]CC(C)C(C)c1ccccc1. The van der Waals surface area contributed by atoms with Crippen LogP contribution in [0.1, 0.15) is 31.7 Å². The molecule has 0 aliphatic heterocycles. The van der Waals surface area contributed by atoms with Gasteiger partial charge in [0.1, 0.15) is 0 Å². The van der Waals surface area contributed by atoms with Crippen LogP contribution in [0.4, 0.5) is 0 Å². The van der Waals surface area contributed by atoms with E-state index in [1.807, 2.05) is 0 Å². The molecule has 65 valence electrons. The third-order valence-electron chi connectivity index (χ3n) is 2.63. The molecule has 1 aromatic rings. The molecule has 1 rings (SSSR count). The van der Waals surface area contributed by atoms with Crippen LogP contribution >= 0.6 is 0 Å². The minimum atomic E-state index is 0.628. The summed E-state index contributed by atoms with van der Waals surface area (Å²) in [7, 11) is 0. The van der Waals surface area contributed by atoms with Crippen molar-refractivity contribution >= 4 is 0 Å². The average molecular weight is 161 g/mol. The second-order valence-corrected chi connectivity index (χ2v) is 3.47. The van der Waals surface area contributed by atoms with E-state index >= 15 is 0 Å². The fraction of sp³-hybridized carbons (Fsp3) is 0.417. The van der Waals surface area contributed by atoms with Crippen LogP contribution in [-0.2, 0) is 0 Å². The van der Waals surface area contributed by atoms with E-state index in [0.717, 1.165) is 6.42 Å². The van der Waals surface area contributed by atoms with Crippen molar-refractivity contribution in [3.05, 3.63) is 42.8 Å². The van der Waals surface area contributed by atoms with Gasteiger partial charge in [-0.15, -0.1) is 0 Å². The molecular formula is C12H17. The second-order valence-electron chi connectivity index (χ2n) is 3.47. The first-order chi connectivity index (χ1) is 5.75. The van der Waals surface area contributed by atoms with Crippen LogP contribution in [-0.4, -0.2) is 0 Å². The van der Waals surface area contributed by atoms with Crippen molar-refractivity contribution in [1.82, 2.24) is 0 Å². The van der Waals surface area contributed by atoms with Gasteiger partial charge in [0.05, 0.1) is 0 Å². The third kappa shape index (κ3) is 2.10. The highest BCUT2D eigenvalue weighted by atomic mass is 14.2. The summed E-state index contributed by atoms with van der Waals surface area (Å²) in [6, 6.07) is 10.6. The molecule has 0 saturated heterocycles. The molecule has 2 unspecified atom stereocenters. The fourth-order valence-electron chi connectivity index (χ4n) is 1.34. The Balaban J connectivity index is 2.71. The molecule has 0 saturated carbocycles. The maximum Gasteiger partial charge on any atom is -0.0165 e. The monoisotopic (exact) mass is 161 g/mol. The Morgan fingerprint density at radius 1 is 1.17 bits per heavy atom. The Hall–Kier alpha value is -0.780. The smallest absolute Gasteiger partial charge is 0.0165 e. The van der Waals surface area contributed by atoms with Crippen molar-refractivity contribution in [2.24, 2.45) is 5.92 Å². The van der Waals surface area contributed by atoms with Crippen LogP contribution in [0.15, 0.2) is 30.3 Å². The summed E-state index contributed by atoms with van der Waals surface area (Å²) >= 11 is 0. The van der Waals surface area contributed by atoms with Crippen molar-refractivity contribution in [2.75, 3.05) is 0 Å². The Bertz CT molecular complexity index is 213. The highest BCUT2D eigenvalue weighted by Gasteiger charge is 2.11. The zero-order valence-electron chi connectivity index (χ0n) is 7.96. The number of hydrogen-bond donors (Lipinski definition) is 0. The minimum absolute atomic E-state index is 0.628. The molecule has 0 bridgehead atoms. The molecule has 0 fully saturated rings. The summed E-state index contributed by atoms with van der Waals surface area (Å²) in [6.07, 6.45) is 1.01. The molecule has 0 aromatic heterocycles. The molecule has 0 spiro atoms. The summed E-state index contributed by atoms with van der Waals surface area (Å²) in [4.78, 5) is 0. The molecular weight excluding hydrogens is 144 g/mol. The van der Waals surface area contributed by atoms with Gasteiger partial charge in [0.2, 0.25) is 0 Å². The van der Waals surface area contributed by atoms with Crippen LogP contribution in [0.25, 0.3) is 0 Å². The first kappa shape index (κ1) is 9.31. The maximum absolute atomic E-state index is 3.93. The summed E-state index contributed by atoms with van der Waals surface area (Å²) in [5.41, 5.74) is 1.42. The standard InChI is InChI=1S/C12H17/c1-4-10(2)11(3)12-8-6-5-7-9-12/h5-11H,1,4H2,2-3H3. The zero-order valence-corrected chi connectivity index (χ0v) is 7.96. The van der Waals surface area contributed by atoms with Crippen LogP contribution in [0.3, 0.4) is 0 Å². The van der Waals surface area contributed by atoms with Crippen molar-refractivity contribution < 1.29 is 0 Å². The predicted octanol–water partition coefficient (Wildman–Crippen LogP) is 3.65. The predicted molar refractivity (Wildman–Crippen MR) is 54.0 cm³/mol. The van der Waals surface area contributed by atoms with E-state index in [-0.39, 0.29) is 0 Å². The molecule has 0 aliphatic rings. The van der Waals surface area contributed by atoms with Gasteiger partial charge < -0.3 is 0 Å². The van der Waals surface area contributed by atoms with Gasteiger partial charge in [0, 0.05) is 0 Å². The summed E-state index contributed by atoms with van der Waals surface area (Å²) in [5, 5.41) is 0. The van der Waals surface area contributed by atoms with E-state index in [4.69, 9.17) is 0 Å². The molecule has 0 heterocycles. The largest absolute Gasteiger partial charge is 0.0622 e. The van der Waals surface area contributed by atoms with Gasteiger partial charge in [-0.1, -0.05) is 57.5 Å². The third-order valence-corrected chi connectivity index (χ3v) is 2.63. The van der Waals surface area contributed by atoms with Gasteiger partial charge in [-0.2, -0.15) is 0 Å². The van der Waals surface area contributed by atoms with Crippen LogP contribution < -0.4 is 0 Å². The van der Waals surface area contributed by atoms with E-state index < -0.39 is 0 Å². The Morgan fingerprint density at radius 2 is 1.75 bits per heavy atom. The van der Waals surface area contributed by atoms with Crippen molar-refractivity contribution in [2.45, 2.75) is 26.2 Å². The number of rotatable bonds is 3. The quantitative estimate of drug-likeness (QED) is 0.634. The normalized spacial score (nSPS) is 15.6. The number of benzene rings is 1. The minimum Gasteiger partial charge on any atom is -0.0622 e. The molecule has 0 amide bonds. The van der Waals surface area contributed by atoms with E-state index in [1.54, 1.807) is 0 Å². The molecule has 2 atom stereocenters. The van der Waals surface area contributed by atoms with Gasteiger partial charge in [-0.3, -0.25) is 0 Å². The first-order valence-corrected chi connectivity index (χ1v) is 4.60. The lowest BCUT2D eigenvalue weighted by atomic mass is 9.87. The summed E-state index contributed by atoms with van der Waals surface area (Å²) in [6.45, 7) is 8.46. The Kier molecular flexibility index (Phi) is 3.33. The molecule has 0 heteroatoms. The fourth-order valence-corrected chi connectivity index (χ4v) is 1.34. The van der Waals surface area contributed by atoms with Crippen LogP contribution in [0.5, 0.6) is 0 Å².